The third-order valence-corrected chi connectivity index (χ3v) is 2.58. The van der Waals surface area contributed by atoms with Crippen molar-refractivity contribution < 1.29 is 9.59 Å². The second-order valence-electron chi connectivity index (χ2n) is 4.69. The summed E-state index contributed by atoms with van der Waals surface area (Å²) in [6.07, 6.45) is 3.19. The second kappa shape index (κ2) is 9.16. The Labute approximate surface area is 105 Å². The molecule has 100 valence electrons. The molecule has 0 rings (SSSR count). The van der Waals surface area contributed by atoms with E-state index >= 15 is 0 Å². The minimum atomic E-state index is -0.277. The van der Waals surface area contributed by atoms with Crippen LogP contribution in [0.2, 0.25) is 0 Å². The molecule has 0 aliphatic carbocycles. The Hall–Kier alpha value is -0.900. The molecule has 4 heteroatoms. The molecule has 0 spiro atoms. The van der Waals surface area contributed by atoms with Crippen LogP contribution in [0.3, 0.4) is 0 Å². The van der Waals surface area contributed by atoms with E-state index in [2.05, 4.69) is 17.6 Å². The van der Waals surface area contributed by atoms with Gasteiger partial charge in [0.15, 0.2) is 0 Å². The van der Waals surface area contributed by atoms with Crippen LogP contribution in [0, 0.1) is 5.92 Å². The number of rotatable bonds is 8. The maximum absolute atomic E-state index is 11.9. The SMILES string of the molecule is CCCCC(=O)NC(=O)[C@@H](NCCC)C(C)C. The molecule has 0 saturated carbocycles. The van der Waals surface area contributed by atoms with Crippen molar-refractivity contribution in [3.05, 3.63) is 0 Å². The largest absolute Gasteiger partial charge is 0.306 e. The van der Waals surface area contributed by atoms with Crippen LogP contribution in [0.25, 0.3) is 0 Å². The van der Waals surface area contributed by atoms with E-state index in [1.807, 2.05) is 20.8 Å². The first kappa shape index (κ1) is 16.1. The Balaban J connectivity index is 4.17. The molecule has 0 bridgehead atoms. The molecule has 0 fully saturated rings. The maximum Gasteiger partial charge on any atom is 0.243 e. The summed E-state index contributed by atoms with van der Waals surface area (Å²) >= 11 is 0. The number of imide groups is 1. The van der Waals surface area contributed by atoms with Gasteiger partial charge in [-0.2, -0.15) is 0 Å². The first-order valence-electron chi connectivity index (χ1n) is 6.59. The minimum Gasteiger partial charge on any atom is -0.306 e. The first-order valence-corrected chi connectivity index (χ1v) is 6.59. The van der Waals surface area contributed by atoms with Gasteiger partial charge in [-0.25, -0.2) is 0 Å². The van der Waals surface area contributed by atoms with Crippen LogP contribution in [0.1, 0.15) is 53.4 Å². The van der Waals surface area contributed by atoms with Crippen molar-refractivity contribution in [2.45, 2.75) is 59.4 Å². The van der Waals surface area contributed by atoms with E-state index in [9.17, 15) is 9.59 Å². The van der Waals surface area contributed by atoms with Crippen LogP contribution in [-0.4, -0.2) is 24.4 Å². The molecule has 0 saturated heterocycles. The van der Waals surface area contributed by atoms with Gasteiger partial charge in [-0.1, -0.05) is 34.1 Å². The number of unbranched alkanes of at least 4 members (excludes halogenated alkanes) is 1. The predicted molar refractivity (Wildman–Crippen MR) is 69.6 cm³/mol. The Kier molecular flexibility index (Phi) is 8.68. The van der Waals surface area contributed by atoms with E-state index in [1.54, 1.807) is 0 Å². The van der Waals surface area contributed by atoms with Crippen LogP contribution in [0.15, 0.2) is 0 Å². The molecule has 0 aliphatic heterocycles. The number of hydrogen-bond donors (Lipinski definition) is 2. The van der Waals surface area contributed by atoms with Gasteiger partial charge in [0.25, 0.3) is 0 Å². The molecule has 2 N–H and O–H groups in total. The Morgan fingerprint density at radius 1 is 1.12 bits per heavy atom. The van der Waals surface area contributed by atoms with Crippen molar-refractivity contribution in [3.8, 4) is 0 Å². The molecule has 0 radical (unpaired) electrons. The fraction of sp³-hybridized carbons (Fsp3) is 0.846. The Bertz CT molecular complexity index is 240. The number of hydrogen-bond acceptors (Lipinski definition) is 3. The van der Waals surface area contributed by atoms with Gasteiger partial charge in [0.2, 0.25) is 11.8 Å². The molecule has 0 aromatic rings. The summed E-state index contributed by atoms with van der Waals surface area (Å²) in [6.45, 7) is 8.82. The van der Waals surface area contributed by atoms with Crippen LogP contribution in [0.4, 0.5) is 0 Å². The number of carbonyl (C=O) groups is 2. The smallest absolute Gasteiger partial charge is 0.243 e. The van der Waals surface area contributed by atoms with Gasteiger partial charge in [0.1, 0.15) is 0 Å². The van der Waals surface area contributed by atoms with Gasteiger partial charge in [-0.15, -0.1) is 0 Å². The Morgan fingerprint density at radius 2 is 1.76 bits per heavy atom. The lowest BCUT2D eigenvalue weighted by atomic mass is 10.0. The lowest BCUT2D eigenvalue weighted by Crippen LogP contribution is -2.49. The van der Waals surface area contributed by atoms with Gasteiger partial charge in [-0.05, 0) is 25.3 Å². The fourth-order valence-corrected chi connectivity index (χ4v) is 1.55. The molecule has 0 aromatic heterocycles. The minimum absolute atomic E-state index is 0.166. The van der Waals surface area contributed by atoms with Gasteiger partial charge in [0.05, 0.1) is 6.04 Å². The highest BCUT2D eigenvalue weighted by atomic mass is 16.2. The third kappa shape index (κ3) is 7.10. The third-order valence-electron chi connectivity index (χ3n) is 2.58. The highest BCUT2D eigenvalue weighted by molar-refractivity contribution is 5.97. The molecular formula is C13H26N2O2. The second-order valence-corrected chi connectivity index (χ2v) is 4.69. The molecule has 0 aromatic carbocycles. The monoisotopic (exact) mass is 242 g/mol. The Morgan fingerprint density at radius 3 is 2.24 bits per heavy atom. The summed E-state index contributed by atoms with van der Waals surface area (Å²) in [4.78, 5) is 23.3. The van der Waals surface area contributed by atoms with E-state index in [4.69, 9.17) is 0 Å². The first-order chi connectivity index (χ1) is 8.02. The standard InChI is InChI=1S/C13H26N2O2/c1-5-7-8-11(16)15-13(17)12(10(3)4)14-9-6-2/h10,12,14H,5-9H2,1-4H3,(H,15,16,17)/t12-/m0/s1. The molecule has 0 heterocycles. The van der Waals surface area contributed by atoms with E-state index in [-0.39, 0.29) is 23.8 Å². The van der Waals surface area contributed by atoms with E-state index < -0.39 is 0 Å². The molecular weight excluding hydrogens is 216 g/mol. The van der Waals surface area contributed by atoms with Gasteiger partial charge in [0, 0.05) is 6.42 Å². The average molecular weight is 242 g/mol. The number of amides is 2. The maximum atomic E-state index is 11.9. The van der Waals surface area contributed by atoms with Crippen LogP contribution in [0.5, 0.6) is 0 Å². The fourth-order valence-electron chi connectivity index (χ4n) is 1.55. The predicted octanol–water partition coefficient (Wildman–Crippen LogP) is 1.84. The molecule has 2 amide bonds. The summed E-state index contributed by atoms with van der Waals surface area (Å²) in [6, 6.07) is -0.277. The summed E-state index contributed by atoms with van der Waals surface area (Å²) in [5.41, 5.74) is 0. The lowest BCUT2D eigenvalue weighted by molar-refractivity contribution is -0.132. The quantitative estimate of drug-likeness (QED) is 0.683. The van der Waals surface area contributed by atoms with Gasteiger partial charge < -0.3 is 5.32 Å². The van der Waals surface area contributed by atoms with Gasteiger partial charge >= 0.3 is 0 Å². The van der Waals surface area contributed by atoms with Crippen molar-refractivity contribution in [1.82, 2.24) is 10.6 Å². The zero-order valence-electron chi connectivity index (χ0n) is 11.5. The van der Waals surface area contributed by atoms with Crippen LogP contribution in [-0.2, 0) is 9.59 Å². The zero-order valence-corrected chi connectivity index (χ0v) is 11.5. The lowest BCUT2D eigenvalue weighted by Gasteiger charge is -2.20. The van der Waals surface area contributed by atoms with Gasteiger partial charge in [-0.3, -0.25) is 14.9 Å². The van der Waals surface area contributed by atoms with Crippen molar-refractivity contribution >= 4 is 11.8 Å². The van der Waals surface area contributed by atoms with Crippen molar-refractivity contribution in [3.63, 3.8) is 0 Å². The highest BCUT2D eigenvalue weighted by Crippen LogP contribution is 2.02. The summed E-state index contributed by atoms with van der Waals surface area (Å²) < 4.78 is 0. The molecule has 0 aliphatic rings. The molecule has 1 atom stereocenters. The highest BCUT2D eigenvalue weighted by Gasteiger charge is 2.22. The number of carbonyl (C=O) groups excluding carboxylic acids is 2. The van der Waals surface area contributed by atoms with E-state index in [0.29, 0.717) is 6.42 Å². The van der Waals surface area contributed by atoms with E-state index in [0.717, 1.165) is 25.8 Å². The normalized spacial score (nSPS) is 12.5. The van der Waals surface area contributed by atoms with Crippen LogP contribution < -0.4 is 10.6 Å². The van der Waals surface area contributed by atoms with Crippen molar-refractivity contribution in [2.75, 3.05) is 6.54 Å². The summed E-state index contributed by atoms with van der Waals surface area (Å²) in [7, 11) is 0. The zero-order chi connectivity index (χ0) is 13.3. The summed E-state index contributed by atoms with van der Waals surface area (Å²) in [5.74, 6) is -0.184. The molecule has 17 heavy (non-hydrogen) atoms. The van der Waals surface area contributed by atoms with Crippen molar-refractivity contribution in [2.24, 2.45) is 5.92 Å². The number of nitrogens with one attached hydrogen (secondary N) is 2. The summed E-state index contributed by atoms with van der Waals surface area (Å²) in [5, 5.41) is 5.63. The van der Waals surface area contributed by atoms with Crippen molar-refractivity contribution in [1.29, 1.82) is 0 Å². The molecule has 4 nitrogen and oxygen atoms in total. The van der Waals surface area contributed by atoms with Crippen LogP contribution >= 0.6 is 0 Å². The van der Waals surface area contributed by atoms with E-state index in [1.165, 1.54) is 0 Å². The topological polar surface area (TPSA) is 58.2 Å². The average Bonchev–Trinajstić information content (AvgIpc) is 2.26. The molecule has 0 unspecified atom stereocenters.